The summed E-state index contributed by atoms with van der Waals surface area (Å²) in [5.74, 6) is 1.46. The van der Waals surface area contributed by atoms with Gasteiger partial charge in [0, 0.05) is 6.08 Å². The molecule has 0 saturated carbocycles. The van der Waals surface area contributed by atoms with Crippen LogP contribution in [0.4, 0.5) is 0 Å². The first-order valence-electron chi connectivity index (χ1n) is 5.59. The molecular formula is C14H12BrNO3. The molecule has 1 heterocycles. The number of rotatable bonds is 5. The highest BCUT2D eigenvalue weighted by atomic mass is 79.9. The Bertz CT molecular complexity index is 604. The molecule has 98 valence electrons. The summed E-state index contributed by atoms with van der Waals surface area (Å²) in [6.07, 6.45) is 2.77. The second-order valence-electron chi connectivity index (χ2n) is 3.76. The first-order valence-corrected chi connectivity index (χ1v) is 6.38. The maximum absolute atomic E-state index is 10.6. The van der Waals surface area contributed by atoms with Gasteiger partial charge in [-0.2, -0.15) is 0 Å². The van der Waals surface area contributed by atoms with E-state index >= 15 is 0 Å². The number of hydrogen-bond donors (Lipinski definition) is 1. The molecule has 2 rings (SSSR count). The van der Waals surface area contributed by atoms with Gasteiger partial charge >= 0.3 is 0 Å². The Hall–Kier alpha value is -2.01. The van der Waals surface area contributed by atoms with E-state index in [0.29, 0.717) is 18.1 Å². The van der Waals surface area contributed by atoms with Crippen molar-refractivity contribution in [1.29, 1.82) is 0 Å². The predicted molar refractivity (Wildman–Crippen MR) is 75.4 cm³/mol. The Morgan fingerprint density at radius 3 is 2.84 bits per heavy atom. The first kappa shape index (κ1) is 13.4. The van der Waals surface area contributed by atoms with Crippen LogP contribution >= 0.6 is 15.9 Å². The summed E-state index contributed by atoms with van der Waals surface area (Å²) in [7, 11) is 0. The number of amides is 1. The molecule has 0 aliphatic rings. The van der Waals surface area contributed by atoms with Crippen molar-refractivity contribution in [2.45, 2.75) is 6.61 Å². The van der Waals surface area contributed by atoms with Crippen LogP contribution in [0.3, 0.4) is 0 Å². The van der Waals surface area contributed by atoms with Crippen molar-refractivity contribution in [2.24, 2.45) is 5.73 Å². The molecule has 0 radical (unpaired) electrons. The van der Waals surface area contributed by atoms with E-state index in [0.717, 1.165) is 10.2 Å². The molecule has 19 heavy (non-hydrogen) atoms. The second kappa shape index (κ2) is 6.24. The van der Waals surface area contributed by atoms with Gasteiger partial charge in [-0.1, -0.05) is 12.1 Å². The molecule has 0 aliphatic heterocycles. The predicted octanol–water partition coefficient (Wildman–Crippen LogP) is 3.12. The summed E-state index contributed by atoms with van der Waals surface area (Å²) < 4.78 is 12.0. The summed E-state index contributed by atoms with van der Waals surface area (Å²) in [5.41, 5.74) is 5.00. The van der Waals surface area contributed by atoms with Crippen molar-refractivity contribution in [2.75, 3.05) is 0 Å². The molecule has 5 heteroatoms. The third-order valence-electron chi connectivity index (χ3n) is 2.30. The lowest BCUT2D eigenvalue weighted by molar-refractivity contribution is -0.113. The topological polar surface area (TPSA) is 65.5 Å². The molecule has 0 fully saturated rings. The molecule has 0 atom stereocenters. The van der Waals surface area contributed by atoms with Crippen molar-refractivity contribution in [1.82, 2.24) is 0 Å². The summed E-state index contributed by atoms with van der Waals surface area (Å²) in [6, 6.07) is 11.1. The van der Waals surface area contributed by atoms with E-state index in [2.05, 4.69) is 15.9 Å². The number of carbonyl (C=O) groups excluding carboxylic acids is 1. The number of para-hydroxylation sites is 1. The largest absolute Gasteiger partial charge is 0.484 e. The molecule has 0 bridgehead atoms. The van der Waals surface area contributed by atoms with E-state index in [4.69, 9.17) is 14.9 Å². The fourth-order valence-corrected chi connectivity index (χ4v) is 1.84. The molecule has 1 aromatic heterocycles. The zero-order valence-corrected chi connectivity index (χ0v) is 11.6. The lowest BCUT2D eigenvalue weighted by Crippen LogP contribution is -2.04. The van der Waals surface area contributed by atoms with Gasteiger partial charge in [-0.15, -0.1) is 0 Å². The lowest BCUT2D eigenvalue weighted by atomic mass is 10.3. The number of benzene rings is 1. The van der Waals surface area contributed by atoms with Crippen molar-refractivity contribution in [3.8, 4) is 5.75 Å². The maximum atomic E-state index is 10.6. The van der Waals surface area contributed by atoms with Gasteiger partial charge in [0.1, 0.15) is 23.9 Å². The zero-order chi connectivity index (χ0) is 13.7. The molecule has 0 unspecified atom stereocenters. The van der Waals surface area contributed by atoms with Gasteiger partial charge in [0.05, 0.1) is 4.47 Å². The number of ether oxygens (including phenoxy) is 1. The first-order chi connectivity index (χ1) is 9.15. The van der Waals surface area contributed by atoms with Crippen LogP contribution < -0.4 is 10.5 Å². The Morgan fingerprint density at radius 2 is 2.11 bits per heavy atom. The summed E-state index contributed by atoms with van der Waals surface area (Å²) in [4.78, 5) is 10.6. The number of furan rings is 1. The number of carbonyl (C=O) groups is 1. The standard InChI is InChI=1S/C14H12BrNO3/c15-12-3-1-2-4-13(12)18-9-11-6-5-10(19-11)7-8-14(16)17/h1-8H,9H2,(H2,16,17)/b8-7-. The van der Waals surface area contributed by atoms with Crippen LogP contribution in [0.25, 0.3) is 6.08 Å². The smallest absolute Gasteiger partial charge is 0.241 e. The average Bonchev–Trinajstić information content (AvgIpc) is 2.83. The Balaban J connectivity index is 1.97. The Kier molecular flexibility index (Phi) is 4.41. The van der Waals surface area contributed by atoms with E-state index in [-0.39, 0.29) is 0 Å². The van der Waals surface area contributed by atoms with Gasteiger partial charge in [-0.25, -0.2) is 0 Å². The van der Waals surface area contributed by atoms with E-state index in [9.17, 15) is 4.79 Å². The van der Waals surface area contributed by atoms with Crippen molar-refractivity contribution < 1.29 is 13.9 Å². The molecule has 2 aromatic rings. The minimum Gasteiger partial charge on any atom is -0.484 e. The zero-order valence-electron chi connectivity index (χ0n) is 10.0. The molecule has 0 aliphatic carbocycles. The van der Waals surface area contributed by atoms with Crippen LogP contribution in [0.1, 0.15) is 11.5 Å². The van der Waals surface area contributed by atoms with E-state index < -0.39 is 5.91 Å². The van der Waals surface area contributed by atoms with Crippen LogP contribution in [0, 0.1) is 0 Å². The summed E-state index contributed by atoms with van der Waals surface area (Å²) >= 11 is 3.40. The van der Waals surface area contributed by atoms with Gasteiger partial charge in [-0.05, 0) is 46.3 Å². The van der Waals surface area contributed by atoms with Crippen LogP contribution in [-0.4, -0.2) is 5.91 Å². The van der Waals surface area contributed by atoms with Gasteiger partial charge in [0.15, 0.2) is 0 Å². The highest BCUT2D eigenvalue weighted by molar-refractivity contribution is 9.10. The van der Waals surface area contributed by atoms with Crippen LogP contribution in [-0.2, 0) is 11.4 Å². The highest BCUT2D eigenvalue weighted by Gasteiger charge is 2.03. The van der Waals surface area contributed by atoms with Gasteiger partial charge in [-0.3, -0.25) is 4.79 Å². The van der Waals surface area contributed by atoms with Crippen molar-refractivity contribution in [3.63, 3.8) is 0 Å². The summed E-state index contributed by atoms with van der Waals surface area (Å²) in [6.45, 7) is 0.313. The Labute approximate surface area is 119 Å². The monoisotopic (exact) mass is 321 g/mol. The lowest BCUT2D eigenvalue weighted by Gasteiger charge is -2.05. The fraction of sp³-hybridized carbons (Fsp3) is 0.0714. The minimum absolute atomic E-state index is 0.313. The maximum Gasteiger partial charge on any atom is 0.241 e. The van der Waals surface area contributed by atoms with Crippen molar-refractivity contribution in [3.05, 3.63) is 58.5 Å². The SMILES string of the molecule is NC(=O)/C=C\c1ccc(COc2ccccc2Br)o1. The quantitative estimate of drug-likeness (QED) is 0.860. The highest BCUT2D eigenvalue weighted by Crippen LogP contribution is 2.25. The third-order valence-corrected chi connectivity index (χ3v) is 2.96. The van der Waals surface area contributed by atoms with Gasteiger partial charge in [0.2, 0.25) is 5.91 Å². The van der Waals surface area contributed by atoms with Crippen LogP contribution in [0.15, 0.2) is 51.4 Å². The van der Waals surface area contributed by atoms with Gasteiger partial charge in [0.25, 0.3) is 0 Å². The molecule has 1 amide bonds. The molecule has 0 spiro atoms. The average molecular weight is 322 g/mol. The van der Waals surface area contributed by atoms with E-state index in [1.165, 1.54) is 12.2 Å². The second-order valence-corrected chi connectivity index (χ2v) is 4.61. The van der Waals surface area contributed by atoms with Crippen LogP contribution in [0.2, 0.25) is 0 Å². The third kappa shape index (κ3) is 3.99. The normalized spacial score (nSPS) is 10.8. The van der Waals surface area contributed by atoms with Crippen LogP contribution in [0.5, 0.6) is 5.75 Å². The van der Waals surface area contributed by atoms with E-state index in [1.54, 1.807) is 12.1 Å². The number of primary amides is 1. The molecule has 0 saturated heterocycles. The molecular weight excluding hydrogens is 310 g/mol. The molecule has 1 aromatic carbocycles. The van der Waals surface area contributed by atoms with Gasteiger partial charge < -0.3 is 14.9 Å². The molecule has 4 nitrogen and oxygen atoms in total. The number of hydrogen-bond acceptors (Lipinski definition) is 3. The minimum atomic E-state index is -0.512. The van der Waals surface area contributed by atoms with E-state index in [1.807, 2.05) is 24.3 Å². The Morgan fingerprint density at radius 1 is 1.32 bits per heavy atom. The summed E-state index contributed by atoms with van der Waals surface area (Å²) in [5, 5.41) is 0. The number of halogens is 1. The molecule has 2 N–H and O–H groups in total. The van der Waals surface area contributed by atoms with Crippen molar-refractivity contribution >= 4 is 27.9 Å². The number of nitrogens with two attached hydrogens (primary N) is 1. The fourth-order valence-electron chi connectivity index (χ4n) is 1.44.